The fourth-order valence-corrected chi connectivity index (χ4v) is 6.89. The molecule has 3 N–H and O–H groups in total. The Morgan fingerprint density at radius 3 is 2.73 bits per heavy atom. The third-order valence-corrected chi connectivity index (χ3v) is 9.33. The summed E-state index contributed by atoms with van der Waals surface area (Å²) in [6.45, 7) is 5.70. The van der Waals surface area contributed by atoms with Gasteiger partial charge in [-0.15, -0.1) is 0 Å². The van der Waals surface area contributed by atoms with E-state index in [0.717, 1.165) is 78.7 Å². The van der Waals surface area contributed by atoms with Crippen LogP contribution in [0.1, 0.15) is 43.2 Å². The molecule has 8 heteroatoms. The van der Waals surface area contributed by atoms with Crippen molar-refractivity contribution in [2.75, 3.05) is 32.0 Å². The Kier molecular flexibility index (Phi) is 6.79. The fourth-order valence-electron chi connectivity index (χ4n) is 6.70. The topological polar surface area (TPSA) is 80.3 Å². The number of likely N-dealkylation sites (tertiary alicyclic amines) is 1. The molecule has 0 radical (unpaired) electrons. The summed E-state index contributed by atoms with van der Waals surface area (Å²) in [4.78, 5) is 17.6. The predicted octanol–water partition coefficient (Wildman–Crippen LogP) is 6.03. The van der Waals surface area contributed by atoms with Crippen molar-refractivity contribution in [2.24, 2.45) is 11.8 Å². The van der Waals surface area contributed by atoms with Crippen molar-refractivity contribution in [3.8, 4) is 11.3 Å². The van der Waals surface area contributed by atoms with Gasteiger partial charge in [-0.05, 0) is 93.4 Å². The number of benzene rings is 2. The second kappa shape index (κ2) is 10.5. The summed E-state index contributed by atoms with van der Waals surface area (Å²) in [5, 5.41) is 14.9. The number of nitrogens with zero attached hydrogens (tertiary/aromatic N) is 4. The number of halogens is 1. The Bertz CT molecular complexity index is 1520. The Morgan fingerprint density at radius 1 is 1.18 bits per heavy atom. The van der Waals surface area contributed by atoms with E-state index in [9.17, 15) is 5.11 Å². The van der Waals surface area contributed by atoms with Gasteiger partial charge < -0.3 is 20.3 Å². The van der Waals surface area contributed by atoms with Crippen LogP contribution in [0.4, 0.5) is 11.6 Å². The van der Waals surface area contributed by atoms with E-state index in [4.69, 9.17) is 16.6 Å². The highest BCUT2D eigenvalue weighted by Crippen LogP contribution is 2.73. The number of rotatable bonds is 9. The van der Waals surface area contributed by atoms with Gasteiger partial charge in [-0.25, -0.2) is 9.97 Å². The maximum Gasteiger partial charge on any atom is 0.227 e. The molecule has 40 heavy (non-hydrogen) atoms. The average molecular weight is 557 g/mol. The van der Waals surface area contributed by atoms with E-state index < -0.39 is 0 Å². The number of aromatic amines is 1. The number of aromatic nitrogens is 3. The molecule has 2 unspecified atom stereocenters. The first-order valence-corrected chi connectivity index (χ1v) is 14.9. The van der Waals surface area contributed by atoms with Crippen LogP contribution in [0.15, 0.2) is 54.9 Å². The number of aliphatic hydroxyl groups is 1. The smallest absolute Gasteiger partial charge is 0.227 e. The number of aliphatic hydroxyl groups excluding tert-OH is 1. The number of hydrogen-bond donors (Lipinski definition) is 3. The number of para-hydroxylation sites is 1. The average Bonchev–Trinajstić information content (AvgIpc) is 3.82. The molecule has 0 bridgehead atoms. The molecule has 0 amide bonds. The van der Waals surface area contributed by atoms with Gasteiger partial charge in [-0.1, -0.05) is 35.9 Å². The Morgan fingerprint density at radius 2 is 1.98 bits per heavy atom. The molecular formula is C32H37ClN6O. The molecule has 3 fully saturated rings. The second-order valence-corrected chi connectivity index (χ2v) is 12.5. The van der Waals surface area contributed by atoms with Crippen molar-refractivity contribution in [1.82, 2.24) is 24.8 Å². The van der Waals surface area contributed by atoms with E-state index in [1.807, 2.05) is 25.3 Å². The molecule has 7 nitrogen and oxygen atoms in total. The molecule has 4 aromatic rings. The van der Waals surface area contributed by atoms with Crippen molar-refractivity contribution >= 4 is 34.1 Å². The summed E-state index contributed by atoms with van der Waals surface area (Å²) in [7, 11) is 2.14. The number of fused-ring (bicyclic) bond motifs is 2. The molecule has 3 aliphatic rings. The molecule has 3 atom stereocenters. The summed E-state index contributed by atoms with van der Waals surface area (Å²) in [6.07, 6.45) is 7.03. The first-order chi connectivity index (χ1) is 19.4. The van der Waals surface area contributed by atoms with Crippen molar-refractivity contribution in [1.29, 1.82) is 0 Å². The lowest BCUT2D eigenvalue weighted by Gasteiger charge is -2.37. The molecule has 0 spiro atoms. The monoisotopic (exact) mass is 556 g/mol. The van der Waals surface area contributed by atoms with E-state index in [0.29, 0.717) is 22.9 Å². The van der Waals surface area contributed by atoms with Gasteiger partial charge >= 0.3 is 0 Å². The van der Waals surface area contributed by atoms with Gasteiger partial charge in [0, 0.05) is 47.5 Å². The van der Waals surface area contributed by atoms with Gasteiger partial charge in [0.15, 0.2) is 0 Å². The maximum absolute atomic E-state index is 9.77. The van der Waals surface area contributed by atoms with Gasteiger partial charge in [0.05, 0.1) is 23.0 Å². The molecule has 2 aromatic heterocycles. The zero-order valence-electron chi connectivity index (χ0n) is 23.1. The number of likely N-dealkylation sites (N-methyl/N-ethyl adjacent to an activating group) is 1. The van der Waals surface area contributed by atoms with Crippen molar-refractivity contribution in [3.63, 3.8) is 0 Å². The predicted molar refractivity (Wildman–Crippen MR) is 161 cm³/mol. The molecule has 1 saturated heterocycles. The Labute approximate surface area is 240 Å². The van der Waals surface area contributed by atoms with Crippen LogP contribution >= 0.6 is 11.6 Å². The largest absolute Gasteiger partial charge is 0.392 e. The van der Waals surface area contributed by atoms with Crippen LogP contribution in [0.3, 0.4) is 0 Å². The van der Waals surface area contributed by atoms with E-state index in [2.05, 4.69) is 62.5 Å². The summed E-state index contributed by atoms with van der Waals surface area (Å²) in [5.74, 6) is 3.05. The summed E-state index contributed by atoms with van der Waals surface area (Å²) in [5.41, 5.74) is 6.57. The van der Waals surface area contributed by atoms with Gasteiger partial charge in [-0.3, -0.25) is 4.90 Å². The molecule has 2 aliphatic carbocycles. The van der Waals surface area contributed by atoms with Gasteiger partial charge in [0.25, 0.3) is 0 Å². The molecule has 3 heterocycles. The highest BCUT2D eigenvalue weighted by atomic mass is 35.5. The van der Waals surface area contributed by atoms with Crippen molar-refractivity contribution in [2.45, 2.75) is 50.8 Å². The Hall–Kier alpha value is -2.97. The second-order valence-electron chi connectivity index (χ2n) is 12.1. The van der Waals surface area contributed by atoms with E-state index in [-0.39, 0.29) is 6.10 Å². The first kappa shape index (κ1) is 26.0. The summed E-state index contributed by atoms with van der Waals surface area (Å²) < 4.78 is 0. The van der Waals surface area contributed by atoms with Crippen LogP contribution in [0.5, 0.6) is 0 Å². The normalized spacial score (nSPS) is 23.4. The number of H-pyrrole nitrogens is 1. The van der Waals surface area contributed by atoms with Crippen molar-refractivity contribution in [3.05, 3.63) is 71.0 Å². The molecular weight excluding hydrogens is 520 g/mol. The molecule has 2 aromatic carbocycles. The standard InChI is InChI=1S/C32H37ClN6O/c1-19(40)17-38(2)23-7-9-39(10-8-23)18-20-11-21(30-25-14-26(25)30)13-22(12-20)36-32-35-16-28(33)31(37-32)27-15-34-29-6-4-3-5-24(27)29/h3-6,11-13,15-16,19,23,25-26,30,34,40H,7-10,14,17-18H2,1-2H3,(H,35,36,37)/t19-,25?,26?,30?/m0/s1. The van der Waals surface area contributed by atoms with E-state index >= 15 is 0 Å². The minimum atomic E-state index is -0.284. The van der Waals surface area contributed by atoms with E-state index in [1.165, 1.54) is 17.5 Å². The summed E-state index contributed by atoms with van der Waals surface area (Å²) in [6, 6.07) is 15.7. The van der Waals surface area contributed by atoms with Gasteiger partial charge in [0.1, 0.15) is 0 Å². The number of piperidine rings is 1. The minimum Gasteiger partial charge on any atom is -0.392 e. The van der Waals surface area contributed by atoms with Crippen LogP contribution in [-0.4, -0.2) is 68.7 Å². The molecule has 1 aliphatic heterocycles. The SMILES string of the molecule is C[C@H](O)CN(C)C1CCN(Cc2cc(Nc3ncc(Cl)c(-c4c[nH]c5ccccc45)n3)cc(C3C4CC43)c2)CC1. The lowest BCUT2D eigenvalue weighted by Crippen LogP contribution is -2.44. The molecule has 2 saturated carbocycles. The zero-order valence-corrected chi connectivity index (χ0v) is 23.9. The lowest BCUT2D eigenvalue weighted by molar-refractivity contribution is 0.0796. The zero-order chi connectivity index (χ0) is 27.4. The number of anilines is 2. The Balaban J connectivity index is 1.10. The lowest BCUT2D eigenvalue weighted by atomic mass is 9.98. The number of nitrogens with one attached hydrogen (secondary N) is 2. The highest BCUT2D eigenvalue weighted by molar-refractivity contribution is 6.33. The highest BCUT2D eigenvalue weighted by Gasteiger charge is 2.64. The van der Waals surface area contributed by atoms with Gasteiger partial charge in [0.2, 0.25) is 5.95 Å². The van der Waals surface area contributed by atoms with Crippen LogP contribution in [-0.2, 0) is 6.54 Å². The molecule has 208 valence electrons. The van der Waals surface area contributed by atoms with Crippen LogP contribution in [0, 0.1) is 11.8 Å². The first-order valence-electron chi connectivity index (χ1n) is 14.5. The third-order valence-electron chi connectivity index (χ3n) is 9.06. The molecule has 7 rings (SSSR count). The van der Waals surface area contributed by atoms with Gasteiger partial charge in [-0.2, -0.15) is 0 Å². The van der Waals surface area contributed by atoms with Crippen molar-refractivity contribution < 1.29 is 5.11 Å². The van der Waals surface area contributed by atoms with Crippen LogP contribution in [0.2, 0.25) is 5.02 Å². The maximum atomic E-state index is 9.77. The minimum absolute atomic E-state index is 0.284. The third kappa shape index (κ3) is 5.23. The fraction of sp³-hybridized carbons (Fsp3) is 0.438. The number of hydrogen-bond acceptors (Lipinski definition) is 6. The van der Waals surface area contributed by atoms with Crippen LogP contribution in [0.25, 0.3) is 22.2 Å². The summed E-state index contributed by atoms with van der Waals surface area (Å²) >= 11 is 6.59. The quantitative estimate of drug-likeness (QED) is 0.233. The van der Waals surface area contributed by atoms with E-state index in [1.54, 1.807) is 6.20 Å². The van der Waals surface area contributed by atoms with Crippen LogP contribution < -0.4 is 5.32 Å².